The number of benzene rings is 1. The summed E-state index contributed by atoms with van der Waals surface area (Å²) >= 11 is 0. The number of likely N-dealkylation sites (tertiary alicyclic amines) is 1. The molecular formula is C19H22N2O. The molecule has 22 heavy (non-hydrogen) atoms. The first-order chi connectivity index (χ1) is 10.7. The third-order valence-corrected chi connectivity index (χ3v) is 4.57. The maximum Gasteiger partial charge on any atom is 0.222 e. The lowest BCUT2D eigenvalue weighted by atomic mass is 10.0. The van der Waals surface area contributed by atoms with E-state index in [2.05, 4.69) is 30.1 Å². The van der Waals surface area contributed by atoms with Gasteiger partial charge in [-0.3, -0.25) is 9.78 Å². The highest BCUT2D eigenvalue weighted by atomic mass is 16.2. The minimum atomic E-state index is 0.273. The van der Waals surface area contributed by atoms with Crippen LogP contribution in [0.5, 0.6) is 0 Å². The average Bonchev–Trinajstić information content (AvgIpc) is 3.05. The molecule has 0 radical (unpaired) electrons. The van der Waals surface area contributed by atoms with E-state index < -0.39 is 0 Å². The van der Waals surface area contributed by atoms with Crippen molar-refractivity contribution in [3.8, 4) is 0 Å². The van der Waals surface area contributed by atoms with Crippen LogP contribution in [-0.2, 0) is 11.2 Å². The Morgan fingerprint density at radius 3 is 2.91 bits per heavy atom. The van der Waals surface area contributed by atoms with E-state index in [9.17, 15) is 4.79 Å². The zero-order chi connectivity index (χ0) is 15.4. The van der Waals surface area contributed by atoms with Gasteiger partial charge in [0.25, 0.3) is 0 Å². The number of hydrogen-bond donors (Lipinski definition) is 0. The lowest BCUT2D eigenvalue weighted by Crippen LogP contribution is -2.28. The van der Waals surface area contributed by atoms with Gasteiger partial charge in [-0.05, 0) is 42.5 Å². The molecule has 0 N–H and O–H groups in total. The standard InChI is InChI=1S/C19H22N2O/c1-15-5-2-3-6-16(15)8-9-19(22)21-12-10-18(14-21)17-7-4-11-20-13-17/h2-7,11,13,18H,8-10,12,14H2,1H3. The molecule has 1 aliphatic rings. The van der Waals surface area contributed by atoms with Crippen LogP contribution in [-0.4, -0.2) is 28.9 Å². The maximum atomic E-state index is 12.4. The topological polar surface area (TPSA) is 33.2 Å². The molecule has 3 nitrogen and oxygen atoms in total. The van der Waals surface area contributed by atoms with Gasteiger partial charge in [0.15, 0.2) is 0 Å². The van der Waals surface area contributed by atoms with Crippen molar-refractivity contribution in [3.63, 3.8) is 0 Å². The summed E-state index contributed by atoms with van der Waals surface area (Å²) in [5.74, 6) is 0.714. The minimum absolute atomic E-state index is 0.273. The number of aryl methyl sites for hydroxylation is 2. The fourth-order valence-corrected chi connectivity index (χ4v) is 3.17. The molecule has 0 bridgehead atoms. The van der Waals surface area contributed by atoms with Crippen molar-refractivity contribution in [3.05, 3.63) is 65.5 Å². The molecule has 1 fully saturated rings. The summed E-state index contributed by atoms with van der Waals surface area (Å²) in [4.78, 5) is 18.6. The van der Waals surface area contributed by atoms with Gasteiger partial charge < -0.3 is 4.90 Å². The zero-order valence-electron chi connectivity index (χ0n) is 13.0. The van der Waals surface area contributed by atoms with Crippen molar-refractivity contribution < 1.29 is 4.79 Å². The molecular weight excluding hydrogens is 272 g/mol. The van der Waals surface area contributed by atoms with Gasteiger partial charge in [-0.15, -0.1) is 0 Å². The number of nitrogens with zero attached hydrogens (tertiary/aromatic N) is 2. The lowest BCUT2D eigenvalue weighted by molar-refractivity contribution is -0.130. The van der Waals surface area contributed by atoms with Crippen molar-refractivity contribution in [2.75, 3.05) is 13.1 Å². The molecule has 0 spiro atoms. The van der Waals surface area contributed by atoms with Crippen LogP contribution in [0.1, 0.15) is 35.4 Å². The van der Waals surface area contributed by atoms with E-state index in [0.29, 0.717) is 12.3 Å². The molecule has 3 heteroatoms. The van der Waals surface area contributed by atoms with Gasteiger partial charge in [-0.1, -0.05) is 30.3 Å². The monoisotopic (exact) mass is 294 g/mol. The predicted octanol–water partition coefficient (Wildman–Crippen LogP) is 3.34. The Kier molecular flexibility index (Phi) is 4.52. The molecule has 2 heterocycles. The van der Waals surface area contributed by atoms with Crippen LogP contribution < -0.4 is 0 Å². The van der Waals surface area contributed by atoms with Gasteiger partial charge >= 0.3 is 0 Å². The van der Waals surface area contributed by atoms with Gasteiger partial charge in [-0.2, -0.15) is 0 Å². The third-order valence-electron chi connectivity index (χ3n) is 4.57. The summed E-state index contributed by atoms with van der Waals surface area (Å²) in [6.07, 6.45) is 6.20. The molecule has 0 saturated carbocycles. The first-order valence-corrected chi connectivity index (χ1v) is 7.96. The Bertz CT molecular complexity index is 639. The molecule has 2 aromatic rings. The zero-order valence-corrected chi connectivity index (χ0v) is 13.0. The van der Waals surface area contributed by atoms with Gasteiger partial charge in [0, 0.05) is 37.8 Å². The predicted molar refractivity (Wildman–Crippen MR) is 87.7 cm³/mol. The molecule has 3 rings (SSSR count). The lowest BCUT2D eigenvalue weighted by Gasteiger charge is -2.17. The number of pyridine rings is 1. The average molecular weight is 294 g/mol. The molecule has 1 atom stereocenters. The number of aromatic nitrogens is 1. The maximum absolute atomic E-state index is 12.4. The van der Waals surface area contributed by atoms with Crippen LogP contribution in [0.25, 0.3) is 0 Å². The van der Waals surface area contributed by atoms with E-state index in [1.807, 2.05) is 29.3 Å². The number of carbonyl (C=O) groups is 1. The van der Waals surface area contributed by atoms with Crippen molar-refractivity contribution in [2.45, 2.75) is 32.1 Å². The summed E-state index contributed by atoms with van der Waals surface area (Å²) < 4.78 is 0. The number of amides is 1. The van der Waals surface area contributed by atoms with Gasteiger partial charge in [0.05, 0.1) is 0 Å². The van der Waals surface area contributed by atoms with Crippen LogP contribution in [0, 0.1) is 6.92 Å². The summed E-state index contributed by atoms with van der Waals surface area (Å²) in [6, 6.07) is 12.4. The Morgan fingerprint density at radius 2 is 2.14 bits per heavy atom. The second-order valence-corrected chi connectivity index (χ2v) is 6.04. The Labute approximate surface area is 132 Å². The second-order valence-electron chi connectivity index (χ2n) is 6.04. The highest BCUT2D eigenvalue weighted by molar-refractivity contribution is 5.77. The van der Waals surface area contributed by atoms with E-state index in [0.717, 1.165) is 25.9 Å². The first kappa shape index (κ1) is 14.8. The molecule has 1 aromatic carbocycles. The minimum Gasteiger partial charge on any atom is -0.342 e. The van der Waals surface area contributed by atoms with E-state index in [1.54, 1.807) is 6.20 Å². The van der Waals surface area contributed by atoms with Crippen LogP contribution in [0.4, 0.5) is 0 Å². The van der Waals surface area contributed by atoms with E-state index in [1.165, 1.54) is 16.7 Å². The summed E-state index contributed by atoms with van der Waals surface area (Å²) in [7, 11) is 0. The quantitative estimate of drug-likeness (QED) is 0.866. The molecule has 1 aliphatic heterocycles. The largest absolute Gasteiger partial charge is 0.342 e. The molecule has 114 valence electrons. The summed E-state index contributed by atoms with van der Waals surface area (Å²) in [5, 5.41) is 0. The van der Waals surface area contributed by atoms with Gasteiger partial charge in [0.1, 0.15) is 0 Å². The second kappa shape index (κ2) is 6.73. The normalized spacial score (nSPS) is 17.7. The van der Waals surface area contributed by atoms with Crippen molar-refractivity contribution in [1.82, 2.24) is 9.88 Å². The molecule has 0 aliphatic carbocycles. The Hall–Kier alpha value is -2.16. The third kappa shape index (κ3) is 3.35. The molecule has 1 saturated heterocycles. The smallest absolute Gasteiger partial charge is 0.222 e. The highest BCUT2D eigenvalue weighted by Crippen LogP contribution is 2.27. The fraction of sp³-hybridized carbons (Fsp3) is 0.368. The Morgan fingerprint density at radius 1 is 1.27 bits per heavy atom. The molecule has 1 aromatic heterocycles. The van der Waals surface area contributed by atoms with Crippen LogP contribution in [0.3, 0.4) is 0 Å². The van der Waals surface area contributed by atoms with Gasteiger partial charge in [-0.25, -0.2) is 0 Å². The van der Waals surface area contributed by atoms with Crippen molar-refractivity contribution in [1.29, 1.82) is 0 Å². The van der Waals surface area contributed by atoms with Crippen molar-refractivity contribution >= 4 is 5.91 Å². The number of hydrogen-bond acceptors (Lipinski definition) is 2. The fourth-order valence-electron chi connectivity index (χ4n) is 3.17. The van der Waals surface area contributed by atoms with Gasteiger partial charge in [0.2, 0.25) is 5.91 Å². The molecule has 1 unspecified atom stereocenters. The van der Waals surface area contributed by atoms with Crippen LogP contribution >= 0.6 is 0 Å². The van der Waals surface area contributed by atoms with Crippen LogP contribution in [0.15, 0.2) is 48.8 Å². The SMILES string of the molecule is Cc1ccccc1CCC(=O)N1CCC(c2cccnc2)C1. The van der Waals surface area contributed by atoms with Crippen molar-refractivity contribution in [2.24, 2.45) is 0 Å². The highest BCUT2D eigenvalue weighted by Gasteiger charge is 2.27. The number of carbonyl (C=O) groups excluding carboxylic acids is 1. The summed E-state index contributed by atoms with van der Waals surface area (Å²) in [5.41, 5.74) is 3.79. The first-order valence-electron chi connectivity index (χ1n) is 7.96. The van der Waals surface area contributed by atoms with E-state index in [4.69, 9.17) is 0 Å². The van der Waals surface area contributed by atoms with E-state index >= 15 is 0 Å². The summed E-state index contributed by atoms with van der Waals surface area (Å²) in [6.45, 7) is 3.80. The van der Waals surface area contributed by atoms with E-state index in [-0.39, 0.29) is 5.91 Å². The Balaban J connectivity index is 1.55. The van der Waals surface area contributed by atoms with Crippen LogP contribution in [0.2, 0.25) is 0 Å². The number of rotatable bonds is 4. The molecule has 1 amide bonds.